The Morgan fingerprint density at radius 2 is 1.94 bits per heavy atom. The van der Waals surface area contributed by atoms with Crippen molar-refractivity contribution in [3.8, 4) is 28.3 Å². The molecule has 0 aliphatic rings. The first-order chi connectivity index (χ1) is 16.0. The molecule has 160 valence electrons. The molecule has 0 aliphatic heterocycles. The van der Waals surface area contributed by atoms with E-state index in [4.69, 9.17) is 5.26 Å². The number of benzene rings is 1. The molecule has 10 heteroatoms. The third-order valence-corrected chi connectivity index (χ3v) is 6.59. The molecule has 4 aromatic heterocycles. The maximum Gasteiger partial charge on any atom is 0.336 e. The van der Waals surface area contributed by atoms with E-state index in [2.05, 4.69) is 22.2 Å². The number of aromatic nitrogens is 5. The standard InChI is InChI=1S/C23H15N7O2S/c1-28-20-15(12-27-28)11-26-13-18(20)30-22(31)21-17(29(23(30)32)8-4-7-24)9-19(33-21)16-6-3-2-5-14(16)10-25/h2-3,5-6,9,11-13H,4,8H2,1H3. The molecule has 1 aromatic carbocycles. The van der Waals surface area contributed by atoms with Crippen LogP contribution in [0.2, 0.25) is 0 Å². The van der Waals surface area contributed by atoms with Crippen LogP contribution < -0.4 is 11.2 Å². The molecule has 0 fully saturated rings. The Bertz CT molecular complexity index is 1760. The van der Waals surface area contributed by atoms with Gasteiger partial charge in [0.1, 0.15) is 4.70 Å². The zero-order chi connectivity index (χ0) is 23.1. The monoisotopic (exact) mass is 453 g/mol. The second-order valence-corrected chi connectivity index (χ2v) is 8.38. The largest absolute Gasteiger partial charge is 0.336 e. The third kappa shape index (κ3) is 3.13. The summed E-state index contributed by atoms with van der Waals surface area (Å²) < 4.78 is 4.47. The van der Waals surface area contributed by atoms with E-state index in [1.54, 1.807) is 48.4 Å². The Morgan fingerprint density at radius 3 is 2.73 bits per heavy atom. The summed E-state index contributed by atoms with van der Waals surface area (Å²) in [6, 6.07) is 13.1. The predicted octanol–water partition coefficient (Wildman–Crippen LogP) is 2.95. The van der Waals surface area contributed by atoms with E-state index in [9.17, 15) is 14.9 Å². The number of nitriles is 2. The molecule has 0 spiro atoms. The molecule has 0 saturated heterocycles. The number of nitrogens with zero attached hydrogens (tertiary/aromatic N) is 7. The van der Waals surface area contributed by atoms with E-state index in [1.165, 1.54) is 22.1 Å². The average molecular weight is 453 g/mol. The smallest absolute Gasteiger partial charge is 0.291 e. The van der Waals surface area contributed by atoms with E-state index in [1.807, 2.05) is 6.07 Å². The van der Waals surface area contributed by atoms with Crippen molar-refractivity contribution < 1.29 is 0 Å². The second-order valence-electron chi connectivity index (χ2n) is 7.33. The lowest BCUT2D eigenvalue weighted by Crippen LogP contribution is -2.38. The molecule has 0 atom stereocenters. The zero-order valence-electron chi connectivity index (χ0n) is 17.4. The summed E-state index contributed by atoms with van der Waals surface area (Å²) in [5.74, 6) is 0. The zero-order valence-corrected chi connectivity index (χ0v) is 18.2. The summed E-state index contributed by atoms with van der Waals surface area (Å²) in [5.41, 5.74) is 1.47. The number of fused-ring (bicyclic) bond motifs is 2. The molecule has 5 rings (SSSR count). The maximum atomic E-state index is 13.6. The second kappa shape index (κ2) is 7.86. The van der Waals surface area contributed by atoms with E-state index in [0.717, 1.165) is 4.57 Å². The van der Waals surface area contributed by atoms with Gasteiger partial charge in [0.05, 0.1) is 53.2 Å². The van der Waals surface area contributed by atoms with Crippen LogP contribution in [0.4, 0.5) is 0 Å². The van der Waals surface area contributed by atoms with Gasteiger partial charge in [0.25, 0.3) is 5.56 Å². The van der Waals surface area contributed by atoms with Crippen LogP contribution in [0, 0.1) is 22.7 Å². The first kappa shape index (κ1) is 20.4. The van der Waals surface area contributed by atoms with Crippen molar-refractivity contribution >= 4 is 32.5 Å². The quantitative estimate of drug-likeness (QED) is 0.412. The third-order valence-electron chi connectivity index (χ3n) is 5.44. The summed E-state index contributed by atoms with van der Waals surface area (Å²) in [4.78, 5) is 32.1. The van der Waals surface area contributed by atoms with Gasteiger partial charge in [-0.3, -0.25) is 19.0 Å². The Morgan fingerprint density at radius 1 is 1.12 bits per heavy atom. The van der Waals surface area contributed by atoms with Gasteiger partial charge in [-0.2, -0.15) is 15.6 Å². The summed E-state index contributed by atoms with van der Waals surface area (Å²) in [5, 5.41) is 23.6. The summed E-state index contributed by atoms with van der Waals surface area (Å²) >= 11 is 1.21. The van der Waals surface area contributed by atoms with Crippen LogP contribution in [-0.4, -0.2) is 23.9 Å². The van der Waals surface area contributed by atoms with E-state index in [-0.39, 0.29) is 13.0 Å². The maximum absolute atomic E-state index is 13.6. The van der Waals surface area contributed by atoms with Crippen LogP contribution in [-0.2, 0) is 13.6 Å². The van der Waals surface area contributed by atoms with Gasteiger partial charge >= 0.3 is 5.69 Å². The summed E-state index contributed by atoms with van der Waals surface area (Å²) in [6.45, 7) is 0.122. The Hall–Kier alpha value is -4.54. The Labute approximate surface area is 190 Å². The van der Waals surface area contributed by atoms with Crippen molar-refractivity contribution in [1.82, 2.24) is 23.9 Å². The number of aryl methyl sites for hydroxylation is 2. The van der Waals surface area contributed by atoms with Gasteiger partial charge in [0.15, 0.2) is 0 Å². The van der Waals surface area contributed by atoms with Crippen molar-refractivity contribution in [3.63, 3.8) is 0 Å². The molecular formula is C23H15N7O2S. The van der Waals surface area contributed by atoms with Crippen LogP contribution >= 0.6 is 11.3 Å². The molecule has 9 nitrogen and oxygen atoms in total. The highest BCUT2D eigenvalue weighted by molar-refractivity contribution is 7.22. The predicted molar refractivity (Wildman–Crippen MR) is 124 cm³/mol. The lowest BCUT2D eigenvalue weighted by atomic mass is 10.1. The van der Waals surface area contributed by atoms with Crippen LogP contribution in [0.5, 0.6) is 0 Å². The summed E-state index contributed by atoms with van der Waals surface area (Å²) in [7, 11) is 1.73. The fraction of sp³-hybridized carbons (Fsp3) is 0.130. The molecule has 0 saturated carbocycles. The minimum absolute atomic E-state index is 0.0985. The summed E-state index contributed by atoms with van der Waals surface area (Å²) in [6.07, 6.45) is 4.80. The molecule has 0 amide bonds. The topological polar surface area (TPSA) is 122 Å². The van der Waals surface area contributed by atoms with Gasteiger partial charge in [-0.15, -0.1) is 11.3 Å². The normalized spacial score (nSPS) is 11.0. The van der Waals surface area contributed by atoms with E-state index in [0.29, 0.717) is 42.8 Å². The van der Waals surface area contributed by atoms with Gasteiger partial charge in [0, 0.05) is 35.6 Å². The van der Waals surface area contributed by atoms with Crippen LogP contribution in [0.1, 0.15) is 12.0 Å². The lowest BCUT2D eigenvalue weighted by molar-refractivity contribution is 0.662. The highest BCUT2D eigenvalue weighted by Crippen LogP contribution is 2.33. The SMILES string of the molecule is Cn1ncc2cncc(-n3c(=O)c4sc(-c5ccccc5C#N)cc4n(CCC#N)c3=O)c21. The number of hydrogen-bond donors (Lipinski definition) is 0. The first-order valence-electron chi connectivity index (χ1n) is 9.97. The number of pyridine rings is 1. The van der Waals surface area contributed by atoms with Crippen molar-refractivity contribution in [2.45, 2.75) is 13.0 Å². The number of rotatable bonds is 4. The molecule has 0 unspecified atom stereocenters. The fourth-order valence-corrected chi connectivity index (χ4v) is 5.07. The van der Waals surface area contributed by atoms with Crippen molar-refractivity contribution in [3.05, 3.63) is 75.3 Å². The number of hydrogen-bond acceptors (Lipinski definition) is 7. The molecule has 33 heavy (non-hydrogen) atoms. The van der Waals surface area contributed by atoms with Crippen molar-refractivity contribution in [2.75, 3.05) is 0 Å². The molecular weight excluding hydrogens is 438 g/mol. The molecule has 0 bridgehead atoms. The van der Waals surface area contributed by atoms with Gasteiger partial charge in [-0.05, 0) is 12.1 Å². The molecule has 4 heterocycles. The highest BCUT2D eigenvalue weighted by atomic mass is 32.1. The van der Waals surface area contributed by atoms with Crippen LogP contribution in [0.25, 0.3) is 37.2 Å². The average Bonchev–Trinajstić information content (AvgIpc) is 3.44. The fourth-order valence-electron chi connectivity index (χ4n) is 3.94. The van der Waals surface area contributed by atoms with Gasteiger partial charge in [-0.25, -0.2) is 9.36 Å². The lowest BCUT2D eigenvalue weighted by Gasteiger charge is -2.12. The minimum Gasteiger partial charge on any atom is -0.291 e. The van der Waals surface area contributed by atoms with Crippen LogP contribution in [0.15, 0.2) is 58.5 Å². The van der Waals surface area contributed by atoms with E-state index >= 15 is 0 Å². The molecule has 0 radical (unpaired) electrons. The van der Waals surface area contributed by atoms with Gasteiger partial charge in [0.2, 0.25) is 0 Å². The molecule has 5 aromatic rings. The molecule has 0 aliphatic carbocycles. The Balaban J connectivity index is 1.88. The van der Waals surface area contributed by atoms with Gasteiger partial charge in [-0.1, -0.05) is 18.2 Å². The molecule has 0 N–H and O–H groups in total. The highest BCUT2D eigenvalue weighted by Gasteiger charge is 2.21. The van der Waals surface area contributed by atoms with Crippen molar-refractivity contribution in [2.24, 2.45) is 7.05 Å². The van der Waals surface area contributed by atoms with Crippen molar-refractivity contribution in [1.29, 1.82) is 10.5 Å². The van der Waals surface area contributed by atoms with E-state index < -0.39 is 11.2 Å². The first-order valence-corrected chi connectivity index (χ1v) is 10.8. The number of thiophene rings is 1. The van der Waals surface area contributed by atoms with Gasteiger partial charge < -0.3 is 0 Å². The minimum atomic E-state index is -0.559. The van der Waals surface area contributed by atoms with Crippen LogP contribution in [0.3, 0.4) is 0 Å². The Kier molecular flexibility index (Phi) is 4.85.